The maximum atomic E-state index is 5.73. The van der Waals surface area contributed by atoms with Crippen molar-refractivity contribution in [2.45, 2.75) is 65.0 Å². The van der Waals surface area contributed by atoms with Crippen LogP contribution in [0.25, 0.3) is 0 Å². The summed E-state index contributed by atoms with van der Waals surface area (Å²) >= 11 is 0. The molecule has 2 unspecified atom stereocenters. The van der Waals surface area contributed by atoms with Crippen molar-refractivity contribution in [1.29, 1.82) is 0 Å². The largest absolute Gasteiger partial charge is 0.347 e. The van der Waals surface area contributed by atoms with Crippen LogP contribution in [0.15, 0.2) is 0 Å². The number of hydrogen-bond donors (Lipinski definition) is 0. The molecule has 0 spiro atoms. The topological polar surface area (TPSA) is 18.5 Å². The molecule has 1 heterocycles. The second-order valence-corrected chi connectivity index (χ2v) is 3.93. The standard InChI is InChI=1S/C10H20O2/c1-5-8-7-9(6-2)12-10(3,4)11-8/h8-9H,5-7H2,1-4H3. The van der Waals surface area contributed by atoms with Gasteiger partial charge in [-0.05, 0) is 33.1 Å². The van der Waals surface area contributed by atoms with E-state index in [4.69, 9.17) is 9.47 Å². The quantitative estimate of drug-likeness (QED) is 0.637. The monoisotopic (exact) mass is 172 g/mol. The molecule has 2 heteroatoms. The van der Waals surface area contributed by atoms with Crippen LogP contribution in [-0.2, 0) is 9.47 Å². The molecule has 0 aromatic heterocycles. The molecule has 1 aliphatic heterocycles. The lowest BCUT2D eigenvalue weighted by atomic mass is 10.0. The lowest BCUT2D eigenvalue weighted by Gasteiger charge is -2.40. The van der Waals surface area contributed by atoms with Crippen molar-refractivity contribution in [3.05, 3.63) is 0 Å². The lowest BCUT2D eigenvalue weighted by Crippen LogP contribution is -2.44. The summed E-state index contributed by atoms with van der Waals surface area (Å²) in [4.78, 5) is 0. The second-order valence-electron chi connectivity index (χ2n) is 3.93. The summed E-state index contributed by atoms with van der Waals surface area (Å²) in [6, 6.07) is 0. The van der Waals surface area contributed by atoms with Gasteiger partial charge in [-0.3, -0.25) is 0 Å². The van der Waals surface area contributed by atoms with E-state index in [1.807, 2.05) is 13.8 Å². The summed E-state index contributed by atoms with van der Waals surface area (Å²) in [5.74, 6) is -0.375. The molecule has 1 rings (SSSR count). The van der Waals surface area contributed by atoms with Crippen molar-refractivity contribution in [3.63, 3.8) is 0 Å². The van der Waals surface area contributed by atoms with E-state index in [1.54, 1.807) is 0 Å². The zero-order valence-corrected chi connectivity index (χ0v) is 8.59. The van der Waals surface area contributed by atoms with E-state index in [0.29, 0.717) is 12.2 Å². The fraction of sp³-hybridized carbons (Fsp3) is 1.00. The Morgan fingerprint density at radius 3 is 1.83 bits per heavy atom. The maximum Gasteiger partial charge on any atom is 0.163 e. The molecule has 0 aromatic carbocycles. The van der Waals surface area contributed by atoms with Crippen LogP contribution in [0.1, 0.15) is 47.0 Å². The minimum absolute atomic E-state index is 0.375. The van der Waals surface area contributed by atoms with Gasteiger partial charge in [0.25, 0.3) is 0 Å². The molecular weight excluding hydrogens is 152 g/mol. The highest BCUT2D eigenvalue weighted by Gasteiger charge is 2.33. The summed E-state index contributed by atoms with van der Waals surface area (Å²) in [5.41, 5.74) is 0. The van der Waals surface area contributed by atoms with Crippen LogP contribution in [0.3, 0.4) is 0 Å². The Labute approximate surface area is 75.2 Å². The highest BCUT2D eigenvalue weighted by atomic mass is 16.7. The van der Waals surface area contributed by atoms with Gasteiger partial charge in [-0.1, -0.05) is 13.8 Å². The predicted octanol–water partition coefficient (Wildman–Crippen LogP) is 2.72. The first-order valence-electron chi connectivity index (χ1n) is 4.93. The molecule has 0 saturated carbocycles. The van der Waals surface area contributed by atoms with Crippen LogP contribution >= 0.6 is 0 Å². The molecule has 0 radical (unpaired) electrons. The fourth-order valence-electron chi connectivity index (χ4n) is 1.72. The van der Waals surface area contributed by atoms with Gasteiger partial charge in [0.15, 0.2) is 5.79 Å². The van der Waals surface area contributed by atoms with E-state index >= 15 is 0 Å². The molecular formula is C10H20O2. The molecule has 72 valence electrons. The van der Waals surface area contributed by atoms with Crippen molar-refractivity contribution in [1.82, 2.24) is 0 Å². The molecule has 2 atom stereocenters. The Bertz CT molecular complexity index is 129. The van der Waals surface area contributed by atoms with Crippen LogP contribution in [0.2, 0.25) is 0 Å². The van der Waals surface area contributed by atoms with Gasteiger partial charge in [0.1, 0.15) is 0 Å². The molecule has 1 aliphatic rings. The van der Waals surface area contributed by atoms with Crippen molar-refractivity contribution >= 4 is 0 Å². The Kier molecular flexibility index (Phi) is 3.13. The second kappa shape index (κ2) is 3.75. The Hall–Kier alpha value is -0.0800. The molecule has 1 fully saturated rings. The van der Waals surface area contributed by atoms with E-state index in [1.165, 1.54) is 0 Å². The average Bonchev–Trinajstić information content (AvgIpc) is 2.01. The number of ether oxygens (including phenoxy) is 2. The van der Waals surface area contributed by atoms with Gasteiger partial charge in [-0.25, -0.2) is 0 Å². The van der Waals surface area contributed by atoms with Gasteiger partial charge in [-0.2, -0.15) is 0 Å². The van der Waals surface area contributed by atoms with E-state index in [9.17, 15) is 0 Å². The third-order valence-electron chi connectivity index (χ3n) is 2.34. The molecule has 12 heavy (non-hydrogen) atoms. The van der Waals surface area contributed by atoms with Crippen LogP contribution in [0, 0.1) is 0 Å². The Morgan fingerprint density at radius 2 is 1.50 bits per heavy atom. The van der Waals surface area contributed by atoms with Gasteiger partial charge in [0, 0.05) is 0 Å². The molecule has 0 aromatic rings. The first-order chi connectivity index (χ1) is 5.57. The molecule has 0 aliphatic carbocycles. The lowest BCUT2D eigenvalue weighted by molar-refractivity contribution is -0.299. The smallest absolute Gasteiger partial charge is 0.163 e. The molecule has 0 amide bonds. The minimum Gasteiger partial charge on any atom is -0.347 e. The molecule has 1 saturated heterocycles. The van der Waals surface area contributed by atoms with Crippen molar-refractivity contribution in [3.8, 4) is 0 Å². The van der Waals surface area contributed by atoms with Crippen LogP contribution in [-0.4, -0.2) is 18.0 Å². The van der Waals surface area contributed by atoms with Crippen molar-refractivity contribution in [2.75, 3.05) is 0 Å². The van der Waals surface area contributed by atoms with E-state index in [-0.39, 0.29) is 5.79 Å². The summed E-state index contributed by atoms with van der Waals surface area (Å²) in [6.07, 6.45) is 4.00. The van der Waals surface area contributed by atoms with Gasteiger partial charge in [0.05, 0.1) is 12.2 Å². The van der Waals surface area contributed by atoms with Gasteiger partial charge in [0.2, 0.25) is 0 Å². The predicted molar refractivity (Wildman–Crippen MR) is 49.0 cm³/mol. The van der Waals surface area contributed by atoms with Crippen LogP contribution in [0.4, 0.5) is 0 Å². The normalized spacial score (nSPS) is 35.0. The Morgan fingerprint density at radius 1 is 1.08 bits per heavy atom. The third-order valence-corrected chi connectivity index (χ3v) is 2.34. The van der Waals surface area contributed by atoms with Crippen molar-refractivity contribution in [2.24, 2.45) is 0 Å². The maximum absolute atomic E-state index is 5.73. The summed E-state index contributed by atoms with van der Waals surface area (Å²) in [5, 5.41) is 0. The average molecular weight is 172 g/mol. The first kappa shape index (κ1) is 10.0. The van der Waals surface area contributed by atoms with E-state index in [0.717, 1.165) is 19.3 Å². The number of rotatable bonds is 2. The highest BCUT2D eigenvalue weighted by Crippen LogP contribution is 2.29. The third kappa shape index (κ3) is 2.46. The fourth-order valence-corrected chi connectivity index (χ4v) is 1.72. The Balaban J connectivity index is 2.53. The van der Waals surface area contributed by atoms with Crippen molar-refractivity contribution < 1.29 is 9.47 Å². The molecule has 0 N–H and O–H groups in total. The molecule has 0 bridgehead atoms. The van der Waals surface area contributed by atoms with Crippen LogP contribution < -0.4 is 0 Å². The van der Waals surface area contributed by atoms with E-state index < -0.39 is 0 Å². The zero-order chi connectivity index (χ0) is 9.19. The summed E-state index contributed by atoms with van der Waals surface area (Å²) in [6.45, 7) is 8.33. The zero-order valence-electron chi connectivity index (χ0n) is 8.59. The molecule has 2 nitrogen and oxygen atoms in total. The summed E-state index contributed by atoms with van der Waals surface area (Å²) < 4.78 is 11.5. The SMILES string of the molecule is CCC1CC(CC)OC(C)(C)O1. The van der Waals surface area contributed by atoms with E-state index in [2.05, 4.69) is 13.8 Å². The van der Waals surface area contributed by atoms with Crippen LogP contribution in [0.5, 0.6) is 0 Å². The van der Waals surface area contributed by atoms with Gasteiger partial charge >= 0.3 is 0 Å². The summed E-state index contributed by atoms with van der Waals surface area (Å²) in [7, 11) is 0. The van der Waals surface area contributed by atoms with Gasteiger partial charge < -0.3 is 9.47 Å². The van der Waals surface area contributed by atoms with Gasteiger partial charge in [-0.15, -0.1) is 0 Å². The highest BCUT2D eigenvalue weighted by molar-refractivity contribution is 4.74. The first-order valence-corrected chi connectivity index (χ1v) is 4.93. The minimum atomic E-state index is -0.375. The number of hydrogen-bond acceptors (Lipinski definition) is 2.